The molecular weight excluding hydrogens is 350 g/mol. The Morgan fingerprint density at radius 2 is 0.483 bits per heavy atom. The molecule has 1 N–H and O–H groups in total. The average Bonchev–Trinajstić information content (AvgIpc) is 2.74. The molecule has 0 heterocycles. The molecule has 0 aliphatic heterocycles. The Morgan fingerprint density at radius 1 is 0.276 bits per heavy atom. The van der Waals surface area contributed by atoms with Crippen molar-refractivity contribution in [3.8, 4) is 0 Å². The van der Waals surface area contributed by atoms with Gasteiger partial charge in [0, 0.05) is 0 Å². The molecule has 0 fully saturated rings. The number of rotatable bonds is 26. The van der Waals surface area contributed by atoms with E-state index in [0.717, 1.165) is 0 Å². The first-order valence-corrected chi connectivity index (χ1v) is 14.1. The van der Waals surface area contributed by atoms with Crippen LogP contribution >= 0.6 is 0 Å². The van der Waals surface area contributed by atoms with E-state index in [4.69, 9.17) is 0 Å². The van der Waals surface area contributed by atoms with Gasteiger partial charge in [-0.25, -0.2) is 0 Å². The monoisotopic (exact) mass is 409 g/mol. The molecule has 0 aliphatic rings. The topological polar surface area (TPSA) is 12.0 Å². The van der Waals surface area contributed by atoms with Crippen LogP contribution in [0.5, 0.6) is 0 Å². The van der Waals surface area contributed by atoms with Gasteiger partial charge in [0.2, 0.25) is 0 Å². The molecule has 0 radical (unpaired) electrons. The highest BCUT2D eigenvalue weighted by molar-refractivity contribution is 4.53. The van der Waals surface area contributed by atoms with E-state index in [0.29, 0.717) is 0 Å². The van der Waals surface area contributed by atoms with Crippen molar-refractivity contribution in [3.63, 3.8) is 0 Å². The molecule has 0 bridgehead atoms. The van der Waals surface area contributed by atoms with Crippen LogP contribution in [-0.4, -0.2) is 13.1 Å². The summed E-state index contributed by atoms with van der Waals surface area (Å²) >= 11 is 0. The maximum atomic E-state index is 3.63. The van der Waals surface area contributed by atoms with Crippen LogP contribution in [0.15, 0.2) is 0 Å². The lowest BCUT2D eigenvalue weighted by atomic mass is 10.0. The summed E-state index contributed by atoms with van der Waals surface area (Å²) in [5.74, 6) is 0. The molecule has 0 atom stereocenters. The van der Waals surface area contributed by atoms with Crippen molar-refractivity contribution in [1.29, 1.82) is 0 Å². The van der Waals surface area contributed by atoms with Gasteiger partial charge in [0.1, 0.15) is 0 Å². The van der Waals surface area contributed by atoms with Crippen molar-refractivity contribution in [3.05, 3.63) is 0 Å². The molecule has 0 aromatic rings. The van der Waals surface area contributed by atoms with Crippen molar-refractivity contribution in [1.82, 2.24) is 5.32 Å². The molecule has 0 rings (SSSR count). The zero-order valence-corrected chi connectivity index (χ0v) is 20.9. The zero-order valence-electron chi connectivity index (χ0n) is 20.9. The van der Waals surface area contributed by atoms with Gasteiger partial charge in [-0.15, -0.1) is 0 Å². The minimum Gasteiger partial charge on any atom is -0.317 e. The smallest absolute Gasteiger partial charge is 0.00489 e. The Morgan fingerprint density at radius 3 is 0.724 bits per heavy atom. The van der Waals surface area contributed by atoms with Crippen molar-refractivity contribution in [2.45, 2.75) is 168 Å². The molecule has 0 saturated heterocycles. The van der Waals surface area contributed by atoms with Gasteiger partial charge in [-0.05, 0) is 25.9 Å². The van der Waals surface area contributed by atoms with E-state index in [9.17, 15) is 0 Å². The minimum atomic E-state index is 1.24. The van der Waals surface area contributed by atoms with E-state index in [1.807, 2.05) is 0 Å². The zero-order chi connectivity index (χ0) is 21.1. The lowest BCUT2D eigenvalue weighted by Gasteiger charge is -2.05. The van der Waals surface area contributed by atoms with Crippen molar-refractivity contribution in [2.75, 3.05) is 13.1 Å². The Labute approximate surface area is 186 Å². The van der Waals surface area contributed by atoms with Gasteiger partial charge in [0.15, 0.2) is 0 Å². The van der Waals surface area contributed by atoms with E-state index in [2.05, 4.69) is 19.2 Å². The highest BCUT2D eigenvalue weighted by atomic mass is 14.8. The number of hydrogen-bond acceptors (Lipinski definition) is 1. The van der Waals surface area contributed by atoms with Gasteiger partial charge in [-0.3, -0.25) is 0 Å². The molecule has 176 valence electrons. The third-order valence-corrected chi connectivity index (χ3v) is 6.41. The van der Waals surface area contributed by atoms with E-state index < -0.39 is 0 Å². The Hall–Kier alpha value is -0.0400. The molecule has 0 aromatic heterocycles. The predicted octanol–water partition coefficient (Wildman–Crippen LogP) is 9.98. The van der Waals surface area contributed by atoms with Crippen molar-refractivity contribution < 1.29 is 0 Å². The van der Waals surface area contributed by atoms with Crippen LogP contribution < -0.4 is 5.32 Å². The maximum absolute atomic E-state index is 3.63. The molecule has 0 aromatic carbocycles. The second kappa shape index (κ2) is 28.0. The van der Waals surface area contributed by atoms with Crippen molar-refractivity contribution >= 4 is 0 Å². The Kier molecular flexibility index (Phi) is 27.9. The van der Waals surface area contributed by atoms with Crippen LogP contribution in [0.1, 0.15) is 168 Å². The van der Waals surface area contributed by atoms with Gasteiger partial charge >= 0.3 is 0 Å². The van der Waals surface area contributed by atoms with E-state index >= 15 is 0 Å². The van der Waals surface area contributed by atoms with Gasteiger partial charge in [-0.1, -0.05) is 155 Å². The molecule has 0 saturated carbocycles. The summed E-state index contributed by atoms with van der Waals surface area (Å²) in [6, 6.07) is 0. The fraction of sp³-hybridized carbons (Fsp3) is 1.00. The first-order chi connectivity index (χ1) is 14.4. The second-order valence-electron chi connectivity index (χ2n) is 9.53. The van der Waals surface area contributed by atoms with Crippen LogP contribution in [-0.2, 0) is 0 Å². The van der Waals surface area contributed by atoms with E-state index in [-0.39, 0.29) is 0 Å². The van der Waals surface area contributed by atoms with Crippen LogP contribution in [0.25, 0.3) is 0 Å². The highest BCUT2D eigenvalue weighted by Crippen LogP contribution is 2.14. The van der Waals surface area contributed by atoms with Gasteiger partial charge in [0.25, 0.3) is 0 Å². The first-order valence-electron chi connectivity index (χ1n) is 14.1. The average molecular weight is 410 g/mol. The molecule has 0 amide bonds. The van der Waals surface area contributed by atoms with Crippen LogP contribution in [0.3, 0.4) is 0 Å². The van der Waals surface area contributed by atoms with Gasteiger partial charge in [0.05, 0.1) is 0 Å². The van der Waals surface area contributed by atoms with Crippen molar-refractivity contribution in [2.24, 2.45) is 0 Å². The number of nitrogens with one attached hydrogen (secondary N) is 1. The minimum absolute atomic E-state index is 1.24. The summed E-state index contributed by atoms with van der Waals surface area (Å²) in [6.45, 7) is 7.08. The fourth-order valence-electron chi connectivity index (χ4n) is 4.31. The molecule has 1 nitrogen and oxygen atoms in total. The molecular formula is C28H59N. The molecule has 0 spiro atoms. The summed E-state index contributed by atoms with van der Waals surface area (Å²) in [6.07, 6.45) is 34.8. The first kappa shape index (κ1) is 29.0. The maximum Gasteiger partial charge on any atom is -0.00489 e. The third-order valence-electron chi connectivity index (χ3n) is 6.41. The van der Waals surface area contributed by atoms with Crippen LogP contribution in [0, 0.1) is 0 Å². The van der Waals surface area contributed by atoms with Crippen LogP contribution in [0.4, 0.5) is 0 Å². The summed E-state index contributed by atoms with van der Waals surface area (Å²) in [4.78, 5) is 0. The summed E-state index contributed by atoms with van der Waals surface area (Å²) < 4.78 is 0. The summed E-state index contributed by atoms with van der Waals surface area (Å²) in [5.41, 5.74) is 0. The Balaban J connectivity index is 2.97. The van der Waals surface area contributed by atoms with E-state index in [1.54, 1.807) is 0 Å². The van der Waals surface area contributed by atoms with E-state index in [1.165, 1.54) is 167 Å². The second-order valence-corrected chi connectivity index (χ2v) is 9.53. The SMILES string of the molecule is CCCCCCCCCCCCCCCCCCCCNCCCCCCCC. The molecule has 1 heteroatoms. The standard InChI is InChI=1S/C28H59N/c1-3-5-7-9-11-12-13-14-15-16-17-18-19-20-21-22-24-26-28-29-27-25-23-10-8-6-4-2/h29H,3-28H2,1-2H3. The number of hydrogen-bond donors (Lipinski definition) is 1. The number of unbranched alkanes of at least 4 members (excludes halogenated alkanes) is 22. The quantitative estimate of drug-likeness (QED) is 0.140. The van der Waals surface area contributed by atoms with Gasteiger partial charge < -0.3 is 5.32 Å². The van der Waals surface area contributed by atoms with Crippen LogP contribution in [0.2, 0.25) is 0 Å². The van der Waals surface area contributed by atoms with Gasteiger partial charge in [-0.2, -0.15) is 0 Å². The normalized spacial score (nSPS) is 11.4. The Bertz CT molecular complexity index is 237. The lowest BCUT2D eigenvalue weighted by Crippen LogP contribution is -2.16. The third kappa shape index (κ3) is 28.0. The fourth-order valence-corrected chi connectivity index (χ4v) is 4.31. The highest BCUT2D eigenvalue weighted by Gasteiger charge is 1.95. The molecule has 29 heavy (non-hydrogen) atoms. The lowest BCUT2D eigenvalue weighted by molar-refractivity contribution is 0.518. The largest absolute Gasteiger partial charge is 0.317 e. The predicted molar refractivity (Wildman–Crippen MR) is 135 cm³/mol. The summed E-state index contributed by atoms with van der Waals surface area (Å²) in [5, 5.41) is 3.63. The molecule has 0 aliphatic carbocycles. The molecule has 0 unspecified atom stereocenters. The summed E-state index contributed by atoms with van der Waals surface area (Å²) in [7, 11) is 0.